The summed E-state index contributed by atoms with van der Waals surface area (Å²) < 4.78 is 13.2. The minimum atomic E-state index is -0.458. The summed E-state index contributed by atoms with van der Waals surface area (Å²) in [6, 6.07) is 10.9. The Hall–Kier alpha value is -1.91. The van der Waals surface area contributed by atoms with Gasteiger partial charge in [-0.3, -0.25) is 4.79 Å². The Labute approximate surface area is 121 Å². The van der Waals surface area contributed by atoms with Crippen molar-refractivity contribution in [3.05, 3.63) is 70.0 Å². The third-order valence-electron chi connectivity index (χ3n) is 2.84. The minimum absolute atomic E-state index is 0.211. The Bertz CT molecular complexity index is 614. The van der Waals surface area contributed by atoms with Crippen molar-refractivity contribution >= 4 is 17.5 Å². The molecular formula is C15H13ClFNO2. The maximum atomic E-state index is 13.2. The second-order valence-corrected chi connectivity index (χ2v) is 4.71. The Kier molecular flexibility index (Phi) is 4.71. The lowest BCUT2D eigenvalue weighted by Crippen LogP contribution is -2.22. The summed E-state index contributed by atoms with van der Waals surface area (Å²) in [5.74, 6) is -0.697. The quantitative estimate of drug-likeness (QED) is 0.910. The molecule has 0 bridgehead atoms. The molecule has 5 heteroatoms. The van der Waals surface area contributed by atoms with E-state index in [2.05, 4.69) is 5.32 Å². The van der Waals surface area contributed by atoms with E-state index >= 15 is 0 Å². The highest BCUT2D eigenvalue weighted by atomic mass is 35.5. The Balaban J connectivity index is 2.01. The maximum absolute atomic E-state index is 13.2. The van der Waals surface area contributed by atoms with Crippen molar-refractivity contribution < 1.29 is 14.3 Å². The number of rotatable bonds is 4. The summed E-state index contributed by atoms with van der Waals surface area (Å²) in [5, 5.41) is 12.3. The lowest BCUT2D eigenvalue weighted by atomic mass is 10.1. The van der Waals surface area contributed by atoms with Gasteiger partial charge in [0.2, 0.25) is 0 Å². The first-order valence-corrected chi connectivity index (χ1v) is 6.40. The zero-order valence-corrected chi connectivity index (χ0v) is 11.3. The van der Waals surface area contributed by atoms with E-state index < -0.39 is 5.82 Å². The van der Waals surface area contributed by atoms with Crippen LogP contribution in [0.3, 0.4) is 0 Å². The molecule has 20 heavy (non-hydrogen) atoms. The molecule has 0 spiro atoms. The molecule has 0 fully saturated rings. The Morgan fingerprint density at radius 3 is 2.55 bits per heavy atom. The molecule has 0 unspecified atom stereocenters. The van der Waals surface area contributed by atoms with Gasteiger partial charge in [-0.1, -0.05) is 17.7 Å². The van der Waals surface area contributed by atoms with E-state index in [0.29, 0.717) is 10.6 Å². The summed E-state index contributed by atoms with van der Waals surface area (Å²) in [6.07, 6.45) is 0. The van der Waals surface area contributed by atoms with E-state index in [1.165, 1.54) is 12.1 Å². The van der Waals surface area contributed by atoms with Crippen LogP contribution in [0, 0.1) is 5.82 Å². The third kappa shape index (κ3) is 3.56. The van der Waals surface area contributed by atoms with Crippen molar-refractivity contribution in [1.82, 2.24) is 5.32 Å². The van der Waals surface area contributed by atoms with E-state index in [-0.39, 0.29) is 24.6 Å². The van der Waals surface area contributed by atoms with Crippen LogP contribution in [0.15, 0.2) is 42.5 Å². The summed E-state index contributed by atoms with van der Waals surface area (Å²) in [6.45, 7) is -0.112. The Morgan fingerprint density at radius 2 is 1.90 bits per heavy atom. The number of hydrogen-bond donors (Lipinski definition) is 2. The van der Waals surface area contributed by atoms with Gasteiger partial charge in [-0.2, -0.15) is 0 Å². The normalized spacial score (nSPS) is 10.3. The van der Waals surface area contributed by atoms with Crippen molar-refractivity contribution in [3.63, 3.8) is 0 Å². The highest BCUT2D eigenvalue weighted by Gasteiger charge is 2.06. The number of amides is 1. The van der Waals surface area contributed by atoms with Gasteiger partial charge >= 0.3 is 0 Å². The molecular weight excluding hydrogens is 281 g/mol. The number of halogens is 2. The lowest BCUT2D eigenvalue weighted by Gasteiger charge is -2.07. The number of aliphatic hydroxyl groups excluding tert-OH is 1. The zero-order chi connectivity index (χ0) is 14.5. The van der Waals surface area contributed by atoms with Gasteiger partial charge in [0.15, 0.2) is 0 Å². The predicted octanol–water partition coefficient (Wildman–Crippen LogP) is 2.90. The van der Waals surface area contributed by atoms with Gasteiger partial charge in [0.05, 0.1) is 6.61 Å². The molecule has 2 aromatic carbocycles. The highest BCUT2D eigenvalue weighted by molar-refractivity contribution is 6.30. The molecule has 0 heterocycles. The molecule has 0 saturated heterocycles. The van der Waals surface area contributed by atoms with Crippen molar-refractivity contribution in [3.8, 4) is 0 Å². The molecule has 0 aromatic heterocycles. The smallest absolute Gasteiger partial charge is 0.251 e. The molecule has 104 valence electrons. The van der Waals surface area contributed by atoms with Gasteiger partial charge in [-0.15, -0.1) is 0 Å². The van der Waals surface area contributed by atoms with Crippen molar-refractivity contribution in [2.24, 2.45) is 0 Å². The standard InChI is InChI=1S/C15H13ClFNO2/c16-13-4-2-11(3-5-13)15(20)18-8-10-1-6-14(17)12(7-10)9-19/h1-7,19H,8-9H2,(H,18,20). The lowest BCUT2D eigenvalue weighted by molar-refractivity contribution is 0.0951. The van der Waals surface area contributed by atoms with Crippen LogP contribution < -0.4 is 5.32 Å². The van der Waals surface area contributed by atoms with Crippen LogP contribution in [-0.2, 0) is 13.2 Å². The highest BCUT2D eigenvalue weighted by Crippen LogP contribution is 2.12. The van der Waals surface area contributed by atoms with E-state index in [4.69, 9.17) is 16.7 Å². The average Bonchev–Trinajstić information content (AvgIpc) is 2.46. The van der Waals surface area contributed by atoms with Crippen molar-refractivity contribution in [2.45, 2.75) is 13.2 Å². The number of carbonyl (C=O) groups is 1. The zero-order valence-electron chi connectivity index (χ0n) is 10.6. The fourth-order valence-electron chi connectivity index (χ4n) is 1.74. The van der Waals surface area contributed by atoms with Crippen molar-refractivity contribution in [2.75, 3.05) is 0 Å². The number of aliphatic hydroxyl groups is 1. The van der Waals surface area contributed by atoms with E-state index in [1.54, 1.807) is 30.3 Å². The van der Waals surface area contributed by atoms with Crippen molar-refractivity contribution in [1.29, 1.82) is 0 Å². The van der Waals surface area contributed by atoms with E-state index in [9.17, 15) is 9.18 Å². The second kappa shape index (κ2) is 6.50. The Morgan fingerprint density at radius 1 is 1.20 bits per heavy atom. The van der Waals surface area contributed by atoms with Crippen LogP contribution in [0.1, 0.15) is 21.5 Å². The van der Waals surface area contributed by atoms with E-state index in [1.807, 2.05) is 0 Å². The predicted molar refractivity (Wildman–Crippen MR) is 74.9 cm³/mol. The molecule has 3 nitrogen and oxygen atoms in total. The summed E-state index contributed by atoms with van der Waals surface area (Å²) in [4.78, 5) is 11.9. The second-order valence-electron chi connectivity index (χ2n) is 4.27. The van der Waals surface area contributed by atoms with Crippen LogP contribution in [0.25, 0.3) is 0 Å². The van der Waals surface area contributed by atoms with Crippen LogP contribution in [0.2, 0.25) is 5.02 Å². The molecule has 0 radical (unpaired) electrons. The molecule has 1 amide bonds. The number of hydrogen-bond acceptors (Lipinski definition) is 2. The largest absolute Gasteiger partial charge is 0.392 e. The van der Waals surface area contributed by atoms with Gasteiger partial charge in [0.1, 0.15) is 5.82 Å². The average molecular weight is 294 g/mol. The molecule has 0 aliphatic heterocycles. The first-order chi connectivity index (χ1) is 9.60. The summed E-state index contributed by atoms with van der Waals surface area (Å²) in [5.41, 5.74) is 1.43. The minimum Gasteiger partial charge on any atom is -0.392 e. The first kappa shape index (κ1) is 14.5. The molecule has 2 N–H and O–H groups in total. The SMILES string of the molecule is O=C(NCc1ccc(F)c(CO)c1)c1ccc(Cl)cc1. The van der Waals surface area contributed by atoms with Gasteiger partial charge in [0.25, 0.3) is 5.91 Å². The molecule has 0 aliphatic rings. The van der Waals surface area contributed by atoms with Crippen LogP contribution in [0.5, 0.6) is 0 Å². The summed E-state index contributed by atoms with van der Waals surface area (Å²) >= 11 is 5.75. The van der Waals surface area contributed by atoms with Crippen LogP contribution in [0.4, 0.5) is 4.39 Å². The van der Waals surface area contributed by atoms with E-state index in [0.717, 1.165) is 5.56 Å². The van der Waals surface area contributed by atoms with Gasteiger partial charge in [-0.05, 0) is 42.0 Å². The third-order valence-corrected chi connectivity index (χ3v) is 3.09. The van der Waals surface area contributed by atoms with Crippen LogP contribution in [-0.4, -0.2) is 11.0 Å². The fraction of sp³-hybridized carbons (Fsp3) is 0.133. The van der Waals surface area contributed by atoms with Gasteiger partial charge in [-0.25, -0.2) is 4.39 Å². The first-order valence-electron chi connectivity index (χ1n) is 6.02. The number of nitrogens with one attached hydrogen (secondary N) is 1. The maximum Gasteiger partial charge on any atom is 0.251 e. The molecule has 2 aromatic rings. The number of carbonyl (C=O) groups excluding carboxylic acids is 1. The van der Waals surface area contributed by atoms with Gasteiger partial charge < -0.3 is 10.4 Å². The van der Waals surface area contributed by atoms with Gasteiger partial charge in [0, 0.05) is 22.7 Å². The molecule has 0 saturated carbocycles. The molecule has 0 atom stereocenters. The topological polar surface area (TPSA) is 49.3 Å². The number of benzene rings is 2. The fourth-order valence-corrected chi connectivity index (χ4v) is 1.87. The van der Waals surface area contributed by atoms with Crippen LogP contribution >= 0.6 is 11.6 Å². The summed E-state index contributed by atoms with van der Waals surface area (Å²) in [7, 11) is 0. The monoisotopic (exact) mass is 293 g/mol. The molecule has 2 rings (SSSR count). The molecule has 0 aliphatic carbocycles.